The minimum atomic E-state index is -2.16. The molecule has 4 aliphatic rings. The summed E-state index contributed by atoms with van der Waals surface area (Å²) in [6.45, 7) is 7.81. The average molecular weight is 471 g/mol. The van der Waals surface area contributed by atoms with Gasteiger partial charge >= 0.3 is 5.97 Å². The van der Waals surface area contributed by atoms with Crippen LogP contribution in [-0.2, 0) is 29.1 Å². The average Bonchev–Trinajstić information content (AvgIpc) is 3.27. The summed E-state index contributed by atoms with van der Waals surface area (Å²) in [6.07, 6.45) is 1.79. The number of benzene rings is 1. The standard InChI is InChI=1S/C25H34N2O5Si/c1-5-33(6-2,7-3)32-24-12-13-26-15-17(16-28)18-14-21(29)27(20-11-9-8-10-19(20)24)25(24,26)22(18)23(30)31-4/h8-11,16-18,22H,5-7,12-15H2,1-4H3/t17-,18-,22?,24+,25?/m0/s1. The predicted molar refractivity (Wildman–Crippen MR) is 126 cm³/mol. The third kappa shape index (κ3) is 2.60. The van der Waals surface area contributed by atoms with Crippen LogP contribution in [0, 0.1) is 17.8 Å². The summed E-state index contributed by atoms with van der Waals surface area (Å²) in [5, 5.41) is 0. The summed E-state index contributed by atoms with van der Waals surface area (Å²) in [6, 6.07) is 10.9. The first kappa shape index (κ1) is 22.7. The highest BCUT2D eigenvalue weighted by Crippen LogP contribution is 2.68. The van der Waals surface area contributed by atoms with Crippen molar-refractivity contribution in [3.63, 3.8) is 0 Å². The molecule has 5 atom stereocenters. The molecule has 1 spiro atoms. The van der Waals surface area contributed by atoms with Gasteiger partial charge in [0.1, 0.15) is 23.5 Å². The highest BCUT2D eigenvalue weighted by atomic mass is 28.4. The van der Waals surface area contributed by atoms with Gasteiger partial charge in [-0.05, 0) is 36.5 Å². The lowest BCUT2D eigenvalue weighted by atomic mass is 9.62. The molecule has 4 aliphatic heterocycles. The number of rotatable bonds is 7. The molecule has 1 amide bonds. The van der Waals surface area contributed by atoms with Crippen molar-refractivity contribution in [2.45, 2.75) is 63.0 Å². The minimum absolute atomic E-state index is 0.0340. The summed E-state index contributed by atoms with van der Waals surface area (Å²) < 4.78 is 12.8. The number of amides is 1. The molecule has 5 rings (SSSR count). The van der Waals surface area contributed by atoms with Crippen LogP contribution in [0.25, 0.3) is 0 Å². The zero-order chi connectivity index (χ0) is 23.6. The molecule has 8 heteroatoms. The lowest BCUT2D eigenvalue weighted by Crippen LogP contribution is -2.79. The number of hydrogen-bond donors (Lipinski definition) is 0. The van der Waals surface area contributed by atoms with Crippen LogP contribution in [-0.4, -0.2) is 57.2 Å². The van der Waals surface area contributed by atoms with Crippen LogP contribution in [0.4, 0.5) is 5.69 Å². The Balaban J connectivity index is 1.83. The molecule has 0 aliphatic carbocycles. The number of anilines is 1. The van der Waals surface area contributed by atoms with E-state index in [1.165, 1.54) is 7.11 Å². The molecule has 3 saturated heterocycles. The number of carbonyl (C=O) groups excluding carboxylic acids is 3. The van der Waals surface area contributed by atoms with Crippen LogP contribution in [0.5, 0.6) is 0 Å². The van der Waals surface area contributed by atoms with Crippen molar-refractivity contribution in [3.8, 4) is 0 Å². The van der Waals surface area contributed by atoms with Crippen LogP contribution >= 0.6 is 0 Å². The summed E-state index contributed by atoms with van der Waals surface area (Å²) in [5.74, 6) is -1.79. The fraction of sp³-hybridized carbons (Fsp3) is 0.640. The van der Waals surface area contributed by atoms with Crippen LogP contribution in [0.15, 0.2) is 24.3 Å². The Morgan fingerprint density at radius 2 is 1.91 bits per heavy atom. The number of hydrogen-bond acceptors (Lipinski definition) is 6. The van der Waals surface area contributed by atoms with Crippen LogP contribution in [0.1, 0.15) is 39.2 Å². The normalized spacial score (nSPS) is 34.7. The minimum Gasteiger partial charge on any atom is -0.469 e. The molecule has 1 aromatic rings. The first-order valence-corrected chi connectivity index (χ1v) is 14.8. The second-order valence-corrected chi connectivity index (χ2v) is 14.7. The van der Waals surface area contributed by atoms with Gasteiger partial charge in [-0.15, -0.1) is 0 Å². The molecule has 2 bridgehead atoms. The number of nitrogens with zero attached hydrogens (tertiary/aromatic N) is 2. The van der Waals surface area contributed by atoms with E-state index in [9.17, 15) is 14.4 Å². The highest BCUT2D eigenvalue weighted by molar-refractivity contribution is 6.73. The van der Waals surface area contributed by atoms with Gasteiger partial charge in [0.15, 0.2) is 8.32 Å². The largest absolute Gasteiger partial charge is 0.469 e. The lowest BCUT2D eigenvalue weighted by Gasteiger charge is -2.62. The molecule has 0 saturated carbocycles. The molecule has 0 aromatic heterocycles. The number of esters is 1. The number of para-hydroxylation sites is 1. The molecule has 1 aromatic carbocycles. The van der Waals surface area contributed by atoms with Crippen molar-refractivity contribution in [2.24, 2.45) is 17.8 Å². The number of fused-ring (bicyclic) bond motifs is 4. The molecule has 178 valence electrons. The Morgan fingerprint density at radius 3 is 2.55 bits per heavy atom. The number of piperidine rings is 2. The Hall–Kier alpha value is -2.03. The predicted octanol–water partition coefficient (Wildman–Crippen LogP) is 3.29. The van der Waals surface area contributed by atoms with Gasteiger partial charge in [0.05, 0.1) is 12.8 Å². The molecule has 7 nitrogen and oxygen atoms in total. The summed E-state index contributed by atoms with van der Waals surface area (Å²) in [4.78, 5) is 43.5. The molecule has 33 heavy (non-hydrogen) atoms. The summed E-state index contributed by atoms with van der Waals surface area (Å²) >= 11 is 0. The van der Waals surface area contributed by atoms with E-state index in [0.29, 0.717) is 19.5 Å². The zero-order valence-electron chi connectivity index (χ0n) is 20.0. The number of ether oxygens (including phenoxy) is 1. The van der Waals surface area contributed by atoms with Crippen molar-refractivity contribution in [2.75, 3.05) is 25.1 Å². The van der Waals surface area contributed by atoms with Crippen molar-refractivity contribution < 1.29 is 23.5 Å². The van der Waals surface area contributed by atoms with Gasteiger partial charge in [0.25, 0.3) is 0 Å². The Bertz CT molecular complexity index is 988. The molecular formula is C25H34N2O5Si. The van der Waals surface area contributed by atoms with Crippen LogP contribution < -0.4 is 4.90 Å². The maximum Gasteiger partial charge on any atom is 0.312 e. The van der Waals surface area contributed by atoms with E-state index in [1.54, 1.807) is 0 Å². The smallest absolute Gasteiger partial charge is 0.312 e. The van der Waals surface area contributed by atoms with Crippen molar-refractivity contribution in [1.29, 1.82) is 0 Å². The number of methoxy groups -OCH3 is 1. The molecule has 4 heterocycles. The second-order valence-electron chi connectivity index (χ2n) is 10.0. The van der Waals surface area contributed by atoms with Gasteiger partial charge in [-0.25, -0.2) is 0 Å². The fourth-order valence-electron chi connectivity index (χ4n) is 7.52. The van der Waals surface area contributed by atoms with Crippen LogP contribution in [0.2, 0.25) is 18.1 Å². The molecule has 3 fully saturated rings. The van der Waals surface area contributed by atoms with Gasteiger partial charge in [-0.3, -0.25) is 19.4 Å². The van der Waals surface area contributed by atoms with Gasteiger partial charge in [-0.2, -0.15) is 0 Å². The fourth-order valence-corrected chi connectivity index (χ4v) is 10.6. The van der Waals surface area contributed by atoms with E-state index in [2.05, 4.69) is 31.7 Å². The van der Waals surface area contributed by atoms with E-state index in [4.69, 9.17) is 9.16 Å². The topological polar surface area (TPSA) is 76.2 Å². The monoisotopic (exact) mass is 470 g/mol. The summed E-state index contributed by atoms with van der Waals surface area (Å²) in [5.41, 5.74) is 0.0578. The van der Waals surface area contributed by atoms with E-state index < -0.39 is 25.5 Å². The molecule has 2 unspecified atom stereocenters. The number of carbonyl (C=O) groups is 3. The van der Waals surface area contributed by atoms with E-state index in [1.807, 2.05) is 23.1 Å². The summed E-state index contributed by atoms with van der Waals surface area (Å²) in [7, 11) is -0.759. The van der Waals surface area contributed by atoms with E-state index in [-0.39, 0.29) is 30.1 Å². The van der Waals surface area contributed by atoms with Gasteiger partial charge < -0.3 is 14.0 Å². The third-order valence-electron chi connectivity index (χ3n) is 9.19. The highest BCUT2D eigenvalue weighted by Gasteiger charge is 2.80. The second kappa shape index (κ2) is 7.75. The Kier molecular flexibility index (Phi) is 5.34. The third-order valence-corrected chi connectivity index (χ3v) is 13.8. The molecule has 0 radical (unpaired) electrons. The molecular weight excluding hydrogens is 436 g/mol. The van der Waals surface area contributed by atoms with E-state index in [0.717, 1.165) is 35.7 Å². The SMILES string of the molecule is CC[Si](CC)(CC)O[C@]12CCN3C[C@@H](C=O)[C@@H]4CC(=O)N(c5ccccc51)C32C4C(=O)OC. The quantitative estimate of drug-likeness (QED) is 0.346. The van der Waals surface area contributed by atoms with Gasteiger partial charge in [0, 0.05) is 31.0 Å². The van der Waals surface area contributed by atoms with Crippen molar-refractivity contribution >= 4 is 32.2 Å². The van der Waals surface area contributed by atoms with Gasteiger partial charge in [-0.1, -0.05) is 39.0 Å². The van der Waals surface area contributed by atoms with E-state index >= 15 is 0 Å². The first-order chi connectivity index (χ1) is 15.9. The molecule has 0 N–H and O–H groups in total. The van der Waals surface area contributed by atoms with Crippen LogP contribution in [0.3, 0.4) is 0 Å². The maximum absolute atomic E-state index is 13.8. The first-order valence-electron chi connectivity index (χ1n) is 12.3. The zero-order valence-corrected chi connectivity index (χ0v) is 21.0. The number of aldehydes is 1. The van der Waals surface area contributed by atoms with Gasteiger partial charge in [0.2, 0.25) is 5.91 Å². The lowest BCUT2D eigenvalue weighted by molar-refractivity contribution is -0.186. The Labute approximate surface area is 196 Å². The maximum atomic E-state index is 13.8. The van der Waals surface area contributed by atoms with Crippen molar-refractivity contribution in [3.05, 3.63) is 29.8 Å². The Morgan fingerprint density at radius 1 is 1.21 bits per heavy atom. The van der Waals surface area contributed by atoms with Crippen molar-refractivity contribution in [1.82, 2.24) is 4.90 Å².